The second-order valence-electron chi connectivity index (χ2n) is 3.62. The summed E-state index contributed by atoms with van der Waals surface area (Å²) in [6, 6.07) is 10.4. The first-order chi connectivity index (χ1) is 7.77. The molecule has 0 saturated heterocycles. The number of rotatable bonds is 3. The van der Waals surface area contributed by atoms with E-state index in [1.807, 2.05) is 25.1 Å². The van der Waals surface area contributed by atoms with E-state index in [1.165, 1.54) is 6.07 Å². The Labute approximate surface area is 94.2 Å². The van der Waals surface area contributed by atoms with Crippen molar-refractivity contribution in [3.05, 3.63) is 60.2 Å². The summed E-state index contributed by atoms with van der Waals surface area (Å²) in [5.74, 6) is -0.184. The van der Waals surface area contributed by atoms with Gasteiger partial charge in [0.25, 0.3) is 0 Å². The zero-order chi connectivity index (χ0) is 11.4. The van der Waals surface area contributed by atoms with Gasteiger partial charge in [-0.3, -0.25) is 4.98 Å². The molecule has 82 valence electrons. The van der Waals surface area contributed by atoms with Gasteiger partial charge in [-0.25, -0.2) is 4.39 Å². The SMILES string of the molecule is CC(Nc1ccncc1)c1ccccc1F. The molecule has 0 aliphatic rings. The fraction of sp³-hybridized carbons (Fsp3) is 0.154. The monoisotopic (exact) mass is 216 g/mol. The van der Waals surface area contributed by atoms with Gasteiger partial charge in [-0.15, -0.1) is 0 Å². The molecule has 0 fully saturated rings. The van der Waals surface area contributed by atoms with E-state index in [4.69, 9.17) is 0 Å². The van der Waals surface area contributed by atoms with E-state index in [2.05, 4.69) is 10.3 Å². The Kier molecular flexibility index (Phi) is 3.15. The minimum absolute atomic E-state index is 0.0661. The Balaban J connectivity index is 2.15. The van der Waals surface area contributed by atoms with Crippen LogP contribution in [0, 0.1) is 5.82 Å². The number of hydrogen-bond acceptors (Lipinski definition) is 2. The van der Waals surface area contributed by atoms with E-state index in [-0.39, 0.29) is 11.9 Å². The van der Waals surface area contributed by atoms with Crippen molar-refractivity contribution in [1.82, 2.24) is 4.98 Å². The van der Waals surface area contributed by atoms with Gasteiger partial charge < -0.3 is 5.32 Å². The normalized spacial score (nSPS) is 12.1. The van der Waals surface area contributed by atoms with Gasteiger partial charge in [-0.1, -0.05) is 18.2 Å². The number of anilines is 1. The van der Waals surface area contributed by atoms with E-state index in [0.29, 0.717) is 5.56 Å². The molecule has 1 N–H and O–H groups in total. The van der Waals surface area contributed by atoms with Crippen LogP contribution in [-0.4, -0.2) is 4.98 Å². The minimum atomic E-state index is -0.184. The maximum absolute atomic E-state index is 13.5. The molecular weight excluding hydrogens is 203 g/mol. The third-order valence-corrected chi connectivity index (χ3v) is 2.44. The van der Waals surface area contributed by atoms with Crippen molar-refractivity contribution in [1.29, 1.82) is 0 Å². The minimum Gasteiger partial charge on any atom is -0.378 e. The third-order valence-electron chi connectivity index (χ3n) is 2.44. The zero-order valence-corrected chi connectivity index (χ0v) is 9.02. The van der Waals surface area contributed by atoms with Gasteiger partial charge in [0.05, 0.1) is 6.04 Å². The van der Waals surface area contributed by atoms with E-state index < -0.39 is 0 Å². The standard InChI is InChI=1S/C13H13FN2/c1-10(12-4-2-3-5-13(12)14)16-11-6-8-15-9-7-11/h2-10H,1H3,(H,15,16). The van der Waals surface area contributed by atoms with E-state index in [1.54, 1.807) is 24.5 Å². The number of nitrogens with zero attached hydrogens (tertiary/aromatic N) is 1. The molecule has 0 amide bonds. The summed E-state index contributed by atoms with van der Waals surface area (Å²) >= 11 is 0. The summed E-state index contributed by atoms with van der Waals surface area (Å²) in [5.41, 5.74) is 1.60. The van der Waals surface area contributed by atoms with E-state index in [0.717, 1.165) is 5.69 Å². The Bertz CT molecular complexity index is 456. The summed E-state index contributed by atoms with van der Waals surface area (Å²) in [7, 11) is 0. The second kappa shape index (κ2) is 4.75. The number of pyridine rings is 1. The van der Waals surface area contributed by atoms with Crippen molar-refractivity contribution in [2.45, 2.75) is 13.0 Å². The number of nitrogens with one attached hydrogen (secondary N) is 1. The fourth-order valence-corrected chi connectivity index (χ4v) is 1.60. The van der Waals surface area contributed by atoms with Gasteiger partial charge >= 0.3 is 0 Å². The van der Waals surface area contributed by atoms with Crippen LogP contribution in [0.5, 0.6) is 0 Å². The lowest BCUT2D eigenvalue weighted by Gasteiger charge is -2.15. The Morgan fingerprint density at radius 2 is 1.81 bits per heavy atom. The molecule has 1 aromatic heterocycles. The van der Waals surface area contributed by atoms with Crippen molar-refractivity contribution in [2.75, 3.05) is 5.32 Å². The van der Waals surface area contributed by atoms with Crippen LogP contribution in [0.25, 0.3) is 0 Å². The Morgan fingerprint density at radius 3 is 2.50 bits per heavy atom. The quantitative estimate of drug-likeness (QED) is 0.850. The molecule has 0 aliphatic carbocycles. The molecule has 16 heavy (non-hydrogen) atoms. The first-order valence-electron chi connectivity index (χ1n) is 5.18. The molecule has 0 radical (unpaired) electrons. The molecule has 1 heterocycles. The first kappa shape index (κ1) is 10.6. The number of halogens is 1. The van der Waals surface area contributed by atoms with Crippen molar-refractivity contribution in [3.63, 3.8) is 0 Å². The Morgan fingerprint density at radius 1 is 1.12 bits per heavy atom. The Hall–Kier alpha value is -1.90. The van der Waals surface area contributed by atoms with Crippen LogP contribution in [0.15, 0.2) is 48.8 Å². The topological polar surface area (TPSA) is 24.9 Å². The predicted molar refractivity (Wildman–Crippen MR) is 62.7 cm³/mol. The summed E-state index contributed by atoms with van der Waals surface area (Å²) in [4.78, 5) is 3.93. The molecule has 2 aromatic rings. The highest BCUT2D eigenvalue weighted by molar-refractivity contribution is 5.43. The number of benzene rings is 1. The van der Waals surface area contributed by atoms with Crippen LogP contribution in [-0.2, 0) is 0 Å². The average Bonchev–Trinajstić information content (AvgIpc) is 2.31. The van der Waals surface area contributed by atoms with Crippen LogP contribution in [0.4, 0.5) is 10.1 Å². The van der Waals surface area contributed by atoms with Crippen LogP contribution >= 0.6 is 0 Å². The molecule has 1 atom stereocenters. The molecule has 0 saturated carbocycles. The fourth-order valence-electron chi connectivity index (χ4n) is 1.60. The van der Waals surface area contributed by atoms with Gasteiger partial charge in [-0.2, -0.15) is 0 Å². The lowest BCUT2D eigenvalue weighted by Crippen LogP contribution is -2.08. The van der Waals surface area contributed by atoms with Crippen LogP contribution in [0.2, 0.25) is 0 Å². The highest BCUT2D eigenvalue weighted by Crippen LogP contribution is 2.20. The van der Waals surface area contributed by atoms with Gasteiger partial charge in [-0.05, 0) is 25.1 Å². The maximum atomic E-state index is 13.5. The summed E-state index contributed by atoms with van der Waals surface area (Å²) < 4.78 is 13.5. The van der Waals surface area contributed by atoms with Crippen LogP contribution in [0.3, 0.4) is 0 Å². The van der Waals surface area contributed by atoms with E-state index >= 15 is 0 Å². The molecule has 1 unspecified atom stereocenters. The molecule has 1 aromatic carbocycles. The molecule has 0 bridgehead atoms. The summed E-state index contributed by atoms with van der Waals surface area (Å²) in [6.07, 6.45) is 3.41. The first-order valence-corrected chi connectivity index (χ1v) is 5.18. The lowest BCUT2D eigenvalue weighted by molar-refractivity contribution is 0.600. The van der Waals surface area contributed by atoms with Crippen molar-refractivity contribution < 1.29 is 4.39 Å². The van der Waals surface area contributed by atoms with Gasteiger partial charge in [0, 0.05) is 23.6 Å². The molecule has 0 aliphatic heterocycles. The van der Waals surface area contributed by atoms with Gasteiger partial charge in [0.2, 0.25) is 0 Å². The van der Waals surface area contributed by atoms with Crippen molar-refractivity contribution in [3.8, 4) is 0 Å². The molecular formula is C13H13FN2. The summed E-state index contributed by atoms with van der Waals surface area (Å²) in [5, 5.41) is 3.22. The van der Waals surface area contributed by atoms with Crippen LogP contribution in [0.1, 0.15) is 18.5 Å². The van der Waals surface area contributed by atoms with Crippen molar-refractivity contribution in [2.24, 2.45) is 0 Å². The van der Waals surface area contributed by atoms with Gasteiger partial charge in [0.15, 0.2) is 0 Å². The highest BCUT2D eigenvalue weighted by atomic mass is 19.1. The van der Waals surface area contributed by atoms with Gasteiger partial charge in [0.1, 0.15) is 5.82 Å². The highest BCUT2D eigenvalue weighted by Gasteiger charge is 2.09. The molecule has 0 spiro atoms. The average molecular weight is 216 g/mol. The lowest BCUT2D eigenvalue weighted by atomic mass is 10.1. The number of hydrogen-bond donors (Lipinski definition) is 1. The third kappa shape index (κ3) is 2.37. The van der Waals surface area contributed by atoms with Crippen LogP contribution < -0.4 is 5.32 Å². The molecule has 2 nitrogen and oxygen atoms in total. The largest absolute Gasteiger partial charge is 0.378 e. The van der Waals surface area contributed by atoms with E-state index in [9.17, 15) is 4.39 Å². The van der Waals surface area contributed by atoms with Crippen molar-refractivity contribution >= 4 is 5.69 Å². The molecule has 2 rings (SSSR count). The second-order valence-corrected chi connectivity index (χ2v) is 3.62. The molecule has 3 heteroatoms. The summed E-state index contributed by atoms with van der Waals surface area (Å²) in [6.45, 7) is 1.93. The zero-order valence-electron chi connectivity index (χ0n) is 9.02. The smallest absolute Gasteiger partial charge is 0.128 e. The predicted octanol–water partition coefficient (Wildman–Crippen LogP) is 3.39. The number of aromatic nitrogens is 1. The maximum Gasteiger partial charge on any atom is 0.128 e.